The molecule has 1 fully saturated rings. The molecule has 2 heterocycles. The first-order chi connectivity index (χ1) is 8.30. The minimum absolute atomic E-state index is 0.0425. The molecule has 0 radical (unpaired) electrons. The molecule has 1 aliphatic heterocycles. The van der Waals surface area contributed by atoms with Crippen LogP contribution in [-0.2, 0) is 4.74 Å². The summed E-state index contributed by atoms with van der Waals surface area (Å²) in [7, 11) is 0. The zero-order chi connectivity index (χ0) is 13.4. The minimum atomic E-state index is -0.120. The van der Waals surface area contributed by atoms with Crippen LogP contribution in [0.25, 0.3) is 0 Å². The Morgan fingerprint density at radius 3 is 2.39 bits per heavy atom. The second-order valence-electron chi connectivity index (χ2n) is 6.39. The molecule has 2 atom stereocenters. The van der Waals surface area contributed by atoms with Crippen molar-refractivity contribution in [1.82, 2.24) is 10.3 Å². The van der Waals surface area contributed by atoms with Crippen LogP contribution in [0.4, 0.5) is 0 Å². The van der Waals surface area contributed by atoms with E-state index in [9.17, 15) is 0 Å². The fourth-order valence-electron chi connectivity index (χ4n) is 2.87. The molecule has 18 heavy (non-hydrogen) atoms. The largest absolute Gasteiger partial charge is 0.368 e. The van der Waals surface area contributed by atoms with Gasteiger partial charge >= 0.3 is 0 Å². The van der Waals surface area contributed by atoms with Crippen LogP contribution in [0.1, 0.15) is 52.6 Å². The van der Waals surface area contributed by atoms with E-state index in [1.807, 2.05) is 12.4 Å². The average Bonchev–Trinajstić information content (AvgIpc) is 2.48. The summed E-state index contributed by atoms with van der Waals surface area (Å²) in [6, 6.07) is 4.81. The third-order valence-electron chi connectivity index (χ3n) is 3.73. The van der Waals surface area contributed by atoms with E-state index in [2.05, 4.69) is 57.1 Å². The number of hydrogen-bond donors (Lipinski definition) is 1. The van der Waals surface area contributed by atoms with Crippen LogP contribution in [0.5, 0.6) is 0 Å². The molecule has 0 spiro atoms. The van der Waals surface area contributed by atoms with Crippen LogP contribution >= 0.6 is 0 Å². The molecule has 3 nitrogen and oxygen atoms in total. The molecular formula is C15H24N2O. The van der Waals surface area contributed by atoms with Gasteiger partial charge in [0.15, 0.2) is 0 Å². The van der Waals surface area contributed by atoms with Gasteiger partial charge in [0, 0.05) is 24.5 Å². The second-order valence-corrected chi connectivity index (χ2v) is 6.39. The molecule has 100 valence electrons. The van der Waals surface area contributed by atoms with Crippen LogP contribution in [-0.4, -0.2) is 22.2 Å². The van der Waals surface area contributed by atoms with E-state index < -0.39 is 0 Å². The van der Waals surface area contributed by atoms with Gasteiger partial charge in [0.1, 0.15) is 0 Å². The molecule has 1 aliphatic rings. The zero-order valence-electron chi connectivity index (χ0n) is 12.0. The van der Waals surface area contributed by atoms with Crippen molar-refractivity contribution >= 4 is 0 Å². The van der Waals surface area contributed by atoms with E-state index >= 15 is 0 Å². The Bertz CT molecular complexity index is 400. The lowest BCUT2D eigenvalue weighted by atomic mass is 9.93. The molecule has 3 heteroatoms. The fraction of sp³-hybridized carbons (Fsp3) is 0.667. The Hall–Kier alpha value is -0.930. The predicted octanol–water partition coefficient (Wildman–Crippen LogP) is 3.08. The highest BCUT2D eigenvalue weighted by atomic mass is 16.5. The number of aromatic nitrogens is 1. The molecule has 0 amide bonds. The van der Waals surface area contributed by atoms with Gasteiger partial charge in [-0.15, -0.1) is 0 Å². The van der Waals surface area contributed by atoms with Gasteiger partial charge in [0.2, 0.25) is 0 Å². The summed E-state index contributed by atoms with van der Waals surface area (Å²) in [5, 5.41) is 3.69. The lowest BCUT2D eigenvalue weighted by molar-refractivity contribution is -0.0703. The minimum Gasteiger partial charge on any atom is -0.368 e. The van der Waals surface area contributed by atoms with Gasteiger partial charge in [-0.1, -0.05) is 0 Å². The van der Waals surface area contributed by atoms with E-state index in [1.165, 1.54) is 5.56 Å². The Morgan fingerprint density at radius 2 is 1.89 bits per heavy atom. The van der Waals surface area contributed by atoms with Crippen molar-refractivity contribution in [3.05, 3.63) is 30.1 Å². The van der Waals surface area contributed by atoms with Gasteiger partial charge < -0.3 is 10.1 Å². The smallest absolute Gasteiger partial charge is 0.0787 e. The van der Waals surface area contributed by atoms with E-state index in [0.717, 1.165) is 6.42 Å². The van der Waals surface area contributed by atoms with Gasteiger partial charge in [-0.05, 0) is 58.7 Å². The highest BCUT2D eigenvalue weighted by molar-refractivity contribution is 5.15. The van der Waals surface area contributed by atoms with E-state index in [4.69, 9.17) is 4.74 Å². The van der Waals surface area contributed by atoms with Crippen molar-refractivity contribution in [2.24, 2.45) is 0 Å². The Labute approximate surface area is 110 Å². The number of nitrogens with one attached hydrogen (secondary N) is 1. The maximum absolute atomic E-state index is 6.11. The molecule has 1 saturated heterocycles. The summed E-state index contributed by atoms with van der Waals surface area (Å²) >= 11 is 0. The van der Waals surface area contributed by atoms with Crippen molar-refractivity contribution in [2.75, 3.05) is 0 Å². The first-order valence-electron chi connectivity index (χ1n) is 6.66. The lowest BCUT2D eigenvalue weighted by Crippen LogP contribution is -2.44. The van der Waals surface area contributed by atoms with Gasteiger partial charge in [-0.25, -0.2) is 0 Å². The topological polar surface area (TPSA) is 34.1 Å². The van der Waals surface area contributed by atoms with Crippen molar-refractivity contribution in [1.29, 1.82) is 0 Å². The maximum atomic E-state index is 6.11. The van der Waals surface area contributed by atoms with Gasteiger partial charge in [0.25, 0.3) is 0 Å². The lowest BCUT2D eigenvalue weighted by Gasteiger charge is -2.30. The quantitative estimate of drug-likeness (QED) is 0.892. The fourth-order valence-corrected chi connectivity index (χ4v) is 2.87. The van der Waals surface area contributed by atoms with E-state index in [-0.39, 0.29) is 11.2 Å². The second kappa shape index (κ2) is 4.63. The van der Waals surface area contributed by atoms with Crippen LogP contribution in [0.2, 0.25) is 0 Å². The van der Waals surface area contributed by atoms with Crippen LogP contribution in [0.15, 0.2) is 24.5 Å². The van der Waals surface area contributed by atoms with Gasteiger partial charge in [-0.3, -0.25) is 4.98 Å². The van der Waals surface area contributed by atoms with E-state index in [1.54, 1.807) is 0 Å². The highest BCUT2D eigenvalue weighted by Crippen LogP contribution is 2.38. The van der Waals surface area contributed by atoms with Gasteiger partial charge in [0.05, 0.1) is 11.2 Å². The summed E-state index contributed by atoms with van der Waals surface area (Å²) in [6.45, 7) is 10.8. The summed E-state index contributed by atoms with van der Waals surface area (Å²) < 4.78 is 6.11. The van der Waals surface area contributed by atoms with Crippen LogP contribution in [0.3, 0.4) is 0 Å². The monoisotopic (exact) mass is 248 g/mol. The summed E-state index contributed by atoms with van der Waals surface area (Å²) in [6.07, 6.45) is 4.72. The standard InChI is InChI=1S/C15H24N2O/c1-11(12-6-8-16-9-7-12)17-13-10-14(2,3)18-15(13,4)5/h6-9,11,13,17H,10H2,1-5H3/t11-,13?/m1/s1. The Balaban J connectivity index is 2.06. The molecule has 1 aromatic heterocycles. The molecule has 1 unspecified atom stereocenters. The van der Waals surface area contributed by atoms with Crippen LogP contribution < -0.4 is 5.32 Å². The molecule has 1 aromatic rings. The van der Waals surface area contributed by atoms with Crippen LogP contribution in [0, 0.1) is 0 Å². The zero-order valence-corrected chi connectivity index (χ0v) is 12.0. The summed E-state index contributed by atoms with van der Waals surface area (Å²) in [4.78, 5) is 4.06. The van der Waals surface area contributed by atoms with Crippen molar-refractivity contribution in [2.45, 2.75) is 64.3 Å². The molecule has 1 N–H and O–H groups in total. The number of nitrogens with zero attached hydrogens (tertiary/aromatic N) is 1. The molecular weight excluding hydrogens is 224 g/mol. The third-order valence-corrected chi connectivity index (χ3v) is 3.73. The van der Waals surface area contributed by atoms with Gasteiger partial charge in [-0.2, -0.15) is 0 Å². The maximum Gasteiger partial charge on any atom is 0.0787 e. The number of ether oxygens (including phenoxy) is 1. The van der Waals surface area contributed by atoms with Crippen molar-refractivity contribution in [3.63, 3.8) is 0 Å². The summed E-state index contributed by atoms with van der Waals surface area (Å²) in [5.41, 5.74) is 1.11. The molecule has 2 rings (SSSR count). The van der Waals surface area contributed by atoms with Crippen molar-refractivity contribution < 1.29 is 4.74 Å². The first kappa shape index (κ1) is 13.5. The third kappa shape index (κ3) is 2.90. The average molecular weight is 248 g/mol. The molecule has 0 aromatic carbocycles. The predicted molar refractivity (Wildman–Crippen MR) is 73.4 cm³/mol. The number of rotatable bonds is 3. The molecule has 0 bridgehead atoms. The Kier molecular flexibility index (Phi) is 3.47. The Morgan fingerprint density at radius 1 is 1.28 bits per heavy atom. The van der Waals surface area contributed by atoms with E-state index in [0.29, 0.717) is 12.1 Å². The number of hydrogen-bond acceptors (Lipinski definition) is 3. The van der Waals surface area contributed by atoms with Crippen molar-refractivity contribution in [3.8, 4) is 0 Å². The molecule has 0 aliphatic carbocycles. The summed E-state index contributed by atoms with van der Waals surface area (Å²) in [5.74, 6) is 0. The first-order valence-corrected chi connectivity index (χ1v) is 6.66. The highest BCUT2D eigenvalue weighted by Gasteiger charge is 2.46. The molecule has 0 saturated carbocycles. The normalized spacial score (nSPS) is 27.1. The SMILES string of the molecule is C[C@@H](NC1CC(C)(C)OC1(C)C)c1ccncc1. The number of pyridine rings is 1.